The van der Waals surface area contributed by atoms with Gasteiger partial charge in [0.15, 0.2) is 0 Å². The Kier molecular flexibility index (Phi) is 4.71. The molecular weight excluding hydrogens is 208 g/mol. The molecule has 1 atom stereocenters. The van der Waals surface area contributed by atoms with Crippen molar-refractivity contribution >= 4 is 11.9 Å². The Morgan fingerprint density at radius 1 is 1.31 bits per heavy atom. The summed E-state index contributed by atoms with van der Waals surface area (Å²) in [6, 6.07) is 0.525. The first kappa shape index (κ1) is 12.4. The van der Waals surface area contributed by atoms with Crippen molar-refractivity contribution in [2.24, 2.45) is 5.84 Å². The topological polar surface area (TPSA) is 98.0 Å². The molecule has 1 aromatic heterocycles. The SMILES string of the molecule is CCCC(C)Nc1nc(NN)nc(OC)n1. The minimum absolute atomic E-state index is 0.231. The van der Waals surface area contributed by atoms with Gasteiger partial charge < -0.3 is 10.1 Å². The average molecular weight is 226 g/mol. The molecule has 7 nitrogen and oxygen atoms in total. The van der Waals surface area contributed by atoms with Crippen molar-refractivity contribution in [1.82, 2.24) is 15.0 Å². The largest absolute Gasteiger partial charge is 0.467 e. The summed E-state index contributed by atoms with van der Waals surface area (Å²) in [6.45, 7) is 4.19. The Balaban J connectivity index is 2.78. The fourth-order valence-corrected chi connectivity index (χ4v) is 1.30. The smallest absolute Gasteiger partial charge is 0.322 e. The predicted molar refractivity (Wildman–Crippen MR) is 62.2 cm³/mol. The predicted octanol–water partition coefficient (Wildman–Crippen LogP) is 0.766. The molecule has 0 fully saturated rings. The Morgan fingerprint density at radius 2 is 2.00 bits per heavy atom. The number of nitrogens with zero attached hydrogens (tertiary/aromatic N) is 3. The van der Waals surface area contributed by atoms with Crippen LogP contribution in [0.4, 0.5) is 11.9 Å². The van der Waals surface area contributed by atoms with E-state index in [2.05, 4.69) is 39.5 Å². The second-order valence-corrected chi connectivity index (χ2v) is 3.45. The third-order valence-corrected chi connectivity index (χ3v) is 2.02. The molecule has 0 aliphatic rings. The van der Waals surface area contributed by atoms with Crippen molar-refractivity contribution in [3.63, 3.8) is 0 Å². The number of hydrazine groups is 1. The van der Waals surface area contributed by atoms with E-state index >= 15 is 0 Å². The van der Waals surface area contributed by atoms with Gasteiger partial charge in [-0.05, 0) is 13.3 Å². The highest BCUT2D eigenvalue weighted by atomic mass is 16.5. The third kappa shape index (κ3) is 3.50. The normalized spacial score (nSPS) is 12.0. The molecule has 0 aliphatic carbocycles. The molecule has 0 aromatic carbocycles. The monoisotopic (exact) mass is 226 g/mol. The van der Waals surface area contributed by atoms with Crippen LogP contribution < -0.4 is 21.3 Å². The van der Waals surface area contributed by atoms with Gasteiger partial charge in [-0.3, -0.25) is 5.43 Å². The maximum atomic E-state index is 5.25. The van der Waals surface area contributed by atoms with Crippen LogP contribution in [0.2, 0.25) is 0 Å². The minimum atomic E-state index is 0.231. The van der Waals surface area contributed by atoms with Crippen molar-refractivity contribution in [2.45, 2.75) is 32.7 Å². The maximum absolute atomic E-state index is 5.25. The van der Waals surface area contributed by atoms with Crippen LogP contribution in [-0.4, -0.2) is 28.1 Å². The number of hydrogen-bond donors (Lipinski definition) is 3. The number of nitrogens with two attached hydrogens (primary N) is 1. The second-order valence-electron chi connectivity index (χ2n) is 3.45. The number of nitrogens with one attached hydrogen (secondary N) is 2. The van der Waals surface area contributed by atoms with Gasteiger partial charge in [-0.1, -0.05) is 13.3 Å². The number of anilines is 2. The average Bonchev–Trinajstić information content (AvgIpc) is 2.28. The van der Waals surface area contributed by atoms with E-state index in [9.17, 15) is 0 Å². The van der Waals surface area contributed by atoms with Gasteiger partial charge in [0.05, 0.1) is 7.11 Å². The van der Waals surface area contributed by atoms with Crippen LogP contribution in [0, 0.1) is 0 Å². The molecular formula is C9H18N6O. The number of hydrogen-bond acceptors (Lipinski definition) is 7. The van der Waals surface area contributed by atoms with Gasteiger partial charge >= 0.3 is 6.01 Å². The van der Waals surface area contributed by atoms with Gasteiger partial charge in [-0.2, -0.15) is 15.0 Å². The van der Waals surface area contributed by atoms with Gasteiger partial charge in [-0.25, -0.2) is 5.84 Å². The molecule has 0 bridgehead atoms. The van der Waals surface area contributed by atoms with Gasteiger partial charge in [0.1, 0.15) is 0 Å². The summed E-state index contributed by atoms with van der Waals surface area (Å²) in [5.74, 6) is 5.98. The maximum Gasteiger partial charge on any atom is 0.322 e. The van der Waals surface area contributed by atoms with Crippen LogP contribution in [0.3, 0.4) is 0 Å². The van der Waals surface area contributed by atoms with Crippen molar-refractivity contribution in [3.05, 3.63) is 0 Å². The molecule has 1 heterocycles. The van der Waals surface area contributed by atoms with E-state index in [0.717, 1.165) is 12.8 Å². The highest BCUT2D eigenvalue weighted by Crippen LogP contribution is 2.11. The summed E-state index contributed by atoms with van der Waals surface area (Å²) in [4.78, 5) is 12.0. The fraction of sp³-hybridized carbons (Fsp3) is 0.667. The number of methoxy groups -OCH3 is 1. The van der Waals surface area contributed by atoms with Crippen LogP contribution in [-0.2, 0) is 0 Å². The highest BCUT2D eigenvalue weighted by Gasteiger charge is 2.08. The zero-order chi connectivity index (χ0) is 12.0. The van der Waals surface area contributed by atoms with Crippen molar-refractivity contribution in [2.75, 3.05) is 17.9 Å². The summed E-state index contributed by atoms with van der Waals surface area (Å²) < 4.78 is 4.94. The molecule has 16 heavy (non-hydrogen) atoms. The third-order valence-electron chi connectivity index (χ3n) is 2.02. The summed E-state index contributed by atoms with van der Waals surface area (Å²) in [5.41, 5.74) is 2.37. The molecule has 7 heteroatoms. The summed E-state index contributed by atoms with van der Waals surface area (Å²) in [6.07, 6.45) is 2.14. The first-order valence-electron chi connectivity index (χ1n) is 5.22. The number of aromatic nitrogens is 3. The molecule has 0 spiro atoms. The summed E-state index contributed by atoms with van der Waals surface area (Å²) in [7, 11) is 1.49. The molecule has 0 radical (unpaired) electrons. The quantitative estimate of drug-likeness (QED) is 0.486. The highest BCUT2D eigenvalue weighted by molar-refractivity contribution is 5.35. The number of nitrogen functional groups attached to an aromatic ring is 1. The Bertz CT molecular complexity index is 310. The van der Waals surface area contributed by atoms with E-state index in [4.69, 9.17) is 10.6 Å². The molecule has 1 rings (SSSR count). The van der Waals surface area contributed by atoms with E-state index in [1.165, 1.54) is 7.11 Å². The Morgan fingerprint density at radius 3 is 2.56 bits per heavy atom. The van der Waals surface area contributed by atoms with E-state index < -0.39 is 0 Å². The molecule has 1 unspecified atom stereocenters. The Hall–Kier alpha value is -1.63. The van der Waals surface area contributed by atoms with E-state index in [1.54, 1.807) is 0 Å². The lowest BCUT2D eigenvalue weighted by Gasteiger charge is -2.13. The van der Waals surface area contributed by atoms with Gasteiger partial charge in [0.25, 0.3) is 0 Å². The first-order chi connectivity index (χ1) is 7.69. The molecule has 4 N–H and O–H groups in total. The summed E-state index contributed by atoms with van der Waals surface area (Å²) >= 11 is 0. The van der Waals surface area contributed by atoms with E-state index in [-0.39, 0.29) is 12.0 Å². The zero-order valence-corrected chi connectivity index (χ0v) is 9.82. The zero-order valence-electron chi connectivity index (χ0n) is 9.82. The van der Waals surface area contributed by atoms with Crippen LogP contribution in [0.15, 0.2) is 0 Å². The van der Waals surface area contributed by atoms with E-state index in [1.807, 2.05) is 0 Å². The lowest BCUT2D eigenvalue weighted by atomic mass is 10.2. The molecule has 1 aromatic rings. The van der Waals surface area contributed by atoms with Crippen LogP contribution >= 0.6 is 0 Å². The van der Waals surface area contributed by atoms with Crippen LogP contribution in [0.1, 0.15) is 26.7 Å². The molecule has 0 amide bonds. The van der Waals surface area contributed by atoms with Crippen molar-refractivity contribution < 1.29 is 4.74 Å². The first-order valence-corrected chi connectivity index (χ1v) is 5.22. The second kappa shape index (κ2) is 6.06. The van der Waals surface area contributed by atoms with Gasteiger partial charge in [0, 0.05) is 6.04 Å². The van der Waals surface area contributed by atoms with Crippen LogP contribution in [0.5, 0.6) is 6.01 Å². The van der Waals surface area contributed by atoms with Gasteiger partial charge in [0.2, 0.25) is 11.9 Å². The van der Waals surface area contributed by atoms with E-state index in [0.29, 0.717) is 12.0 Å². The molecule has 0 saturated heterocycles. The molecule has 0 saturated carbocycles. The van der Waals surface area contributed by atoms with Gasteiger partial charge in [-0.15, -0.1) is 0 Å². The molecule has 90 valence electrons. The fourth-order valence-electron chi connectivity index (χ4n) is 1.30. The lowest BCUT2D eigenvalue weighted by Crippen LogP contribution is -2.19. The Labute approximate surface area is 94.8 Å². The number of ether oxygens (including phenoxy) is 1. The standard InChI is InChI=1S/C9H18N6O/c1-4-5-6(2)11-7-12-8(15-10)14-9(13-7)16-3/h6H,4-5,10H2,1-3H3,(H2,11,12,13,14,15). The van der Waals surface area contributed by atoms with Crippen LogP contribution in [0.25, 0.3) is 0 Å². The number of rotatable bonds is 6. The summed E-state index contributed by atoms with van der Waals surface area (Å²) in [5, 5.41) is 3.15. The van der Waals surface area contributed by atoms with Crippen molar-refractivity contribution in [1.29, 1.82) is 0 Å². The lowest BCUT2D eigenvalue weighted by molar-refractivity contribution is 0.379. The molecule has 0 aliphatic heterocycles. The minimum Gasteiger partial charge on any atom is -0.467 e. The van der Waals surface area contributed by atoms with Crippen molar-refractivity contribution in [3.8, 4) is 6.01 Å².